The van der Waals surface area contributed by atoms with Crippen molar-refractivity contribution < 1.29 is 19.4 Å². The van der Waals surface area contributed by atoms with Gasteiger partial charge in [0.25, 0.3) is 0 Å². The van der Waals surface area contributed by atoms with Crippen molar-refractivity contribution >= 4 is 11.9 Å². The maximum atomic E-state index is 12.9. The lowest BCUT2D eigenvalue weighted by Gasteiger charge is -2.32. The lowest BCUT2D eigenvalue weighted by molar-refractivity contribution is -0.120. The van der Waals surface area contributed by atoms with E-state index in [1.807, 2.05) is 30.3 Å². The van der Waals surface area contributed by atoms with E-state index in [1.165, 1.54) is 0 Å². The molecule has 0 radical (unpaired) electrons. The van der Waals surface area contributed by atoms with Crippen molar-refractivity contribution in [3.8, 4) is 5.75 Å². The summed E-state index contributed by atoms with van der Waals surface area (Å²) in [6, 6.07) is 12.7. The summed E-state index contributed by atoms with van der Waals surface area (Å²) in [4.78, 5) is 24.7. The number of amides is 1. The summed E-state index contributed by atoms with van der Waals surface area (Å²) < 4.78 is 5.61. The quantitative estimate of drug-likeness (QED) is 0.483. The third-order valence-corrected chi connectivity index (χ3v) is 5.81. The number of nitrogens with two attached hydrogens (primary N) is 1. The predicted molar refractivity (Wildman–Crippen MR) is 124 cm³/mol. The lowest BCUT2D eigenvalue weighted by Crippen LogP contribution is -2.30. The summed E-state index contributed by atoms with van der Waals surface area (Å²) >= 11 is 0. The Balaban J connectivity index is 2.75. The number of primary amides is 1. The Morgan fingerprint density at radius 3 is 2.29 bits per heavy atom. The number of para-hydroxylation sites is 1. The third-order valence-electron chi connectivity index (χ3n) is 5.81. The summed E-state index contributed by atoms with van der Waals surface area (Å²) in [5, 5.41) is 9.60. The summed E-state index contributed by atoms with van der Waals surface area (Å²) in [5.74, 6) is -1.65. The Morgan fingerprint density at radius 1 is 1.06 bits per heavy atom. The molecule has 0 heterocycles. The summed E-state index contributed by atoms with van der Waals surface area (Å²) in [6.45, 7) is 8.30. The summed E-state index contributed by atoms with van der Waals surface area (Å²) in [6.07, 6.45) is 3.79. The van der Waals surface area contributed by atoms with Crippen LogP contribution in [0.15, 0.2) is 42.5 Å². The van der Waals surface area contributed by atoms with E-state index >= 15 is 0 Å². The molecule has 31 heavy (non-hydrogen) atoms. The smallest absolute Gasteiger partial charge is 0.335 e. The van der Waals surface area contributed by atoms with E-state index in [2.05, 4.69) is 27.7 Å². The first-order chi connectivity index (χ1) is 14.6. The van der Waals surface area contributed by atoms with Crippen molar-refractivity contribution in [1.82, 2.24) is 0 Å². The second-order valence-corrected chi connectivity index (χ2v) is 9.08. The standard InChI is InChI=1S/C26H35NO4/c1-6-7-8-12-19(18-11-9-10-13-22(18)31-5)23(24(27)28)20-16-17(25(29)30)14-15-21(20)26(2,3)4/h9-11,13-16,19,23H,6-8,12H2,1-5H3,(H2,27,28)(H,29,30). The summed E-state index contributed by atoms with van der Waals surface area (Å²) in [5.41, 5.74) is 8.42. The second-order valence-electron chi connectivity index (χ2n) is 9.08. The van der Waals surface area contributed by atoms with Gasteiger partial charge in [-0.05, 0) is 46.7 Å². The number of hydrogen-bond acceptors (Lipinski definition) is 3. The lowest BCUT2D eigenvalue weighted by atomic mass is 9.72. The van der Waals surface area contributed by atoms with Crippen LogP contribution < -0.4 is 10.5 Å². The van der Waals surface area contributed by atoms with Gasteiger partial charge in [0.05, 0.1) is 18.6 Å². The van der Waals surface area contributed by atoms with Crippen molar-refractivity contribution in [1.29, 1.82) is 0 Å². The highest BCUT2D eigenvalue weighted by Gasteiger charge is 2.35. The minimum atomic E-state index is -1.02. The van der Waals surface area contributed by atoms with E-state index in [0.29, 0.717) is 11.3 Å². The molecular formula is C26H35NO4. The minimum absolute atomic E-state index is 0.154. The molecule has 5 heteroatoms. The van der Waals surface area contributed by atoms with E-state index in [1.54, 1.807) is 19.2 Å². The van der Waals surface area contributed by atoms with Crippen LogP contribution in [0.2, 0.25) is 0 Å². The number of carboxylic acids is 1. The van der Waals surface area contributed by atoms with Crippen molar-refractivity contribution in [2.45, 2.75) is 70.6 Å². The molecule has 0 saturated carbocycles. The molecule has 1 amide bonds. The maximum Gasteiger partial charge on any atom is 0.335 e. The fraction of sp³-hybridized carbons (Fsp3) is 0.462. The van der Waals surface area contributed by atoms with Crippen molar-refractivity contribution in [3.05, 3.63) is 64.7 Å². The number of rotatable bonds is 10. The Hall–Kier alpha value is -2.82. The van der Waals surface area contributed by atoms with Crippen LogP contribution in [0.1, 0.15) is 92.3 Å². The van der Waals surface area contributed by atoms with Crippen LogP contribution in [0.4, 0.5) is 0 Å². The summed E-state index contributed by atoms with van der Waals surface area (Å²) in [7, 11) is 1.62. The van der Waals surface area contributed by atoms with Crippen LogP contribution in [0.25, 0.3) is 0 Å². The first-order valence-corrected chi connectivity index (χ1v) is 10.9. The third kappa shape index (κ3) is 5.87. The molecule has 0 bridgehead atoms. The second kappa shape index (κ2) is 10.5. The molecule has 0 spiro atoms. The zero-order valence-electron chi connectivity index (χ0n) is 19.3. The van der Waals surface area contributed by atoms with Crippen LogP contribution in [0.3, 0.4) is 0 Å². The number of aromatic carboxylic acids is 1. The van der Waals surface area contributed by atoms with Gasteiger partial charge in [0.15, 0.2) is 0 Å². The van der Waals surface area contributed by atoms with E-state index in [0.717, 1.165) is 36.8 Å². The SMILES string of the molecule is CCCCCC(c1ccccc1OC)C(C(N)=O)c1cc(C(=O)O)ccc1C(C)(C)C. The molecule has 2 aromatic carbocycles. The van der Waals surface area contributed by atoms with Gasteiger partial charge in [-0.15, -0.1) is 0 Å². The molecule has 2 rings (SSSR count). The van der Waals surface area contributed by atoms with Crippen LogP contribution in [0.5, 0.6) is 5.75 Å². The zero-order valence-corrected chi connectivity index (χ0v) is 19.3. The molecule has 2 unspecified atom stereocenters. The van der Waals surface area contributed by atoms with Crippen LogP contribution in [-0.4, -0.2) is 24.1 Å². The molecule has 0 aromatic heterocycles. The Bertz CT molecular complexity index is 914. The number of unbranched alkanes of at least 4 members (excludes halogenated alkanes) is 2. The van der Waals surface area contributed by atoms with Crippen LogP contribution in [-0.2, 0) is 10.2 Å². The number of carbonyl (C=O) groups excluding carboxylic acids is 1. The van der Waals surface area contributed by atoms with E-state index in [9.17, 15) is 14.7 Å². The molecule has 0 fully saturated rings. The topological polar surface area (TPSA) is 89.6 Å². The molecule has 3 N–H and O–H groups in total. The first-order valence-electron chi connectivity index (χ1n) is 10.9. The van der Waals surface area contributed by atoms with Crippen LogP contribution >= 0.6 is 0 Å². The molecule has 0 aliphatic carbocycles. The number of benzene rings is 2. The van der Waals surface area contributed by atoms with Crippen LogP contribution in [0, 0.1) is 0 Å². The van der Waals surface area contributed by atoms with E-state index in [4.69, 9.17) is 10.5 Å². The zero-order chi connectivity index (χ0) is 23.2. The average Bonchev–Trinajstić information content (AvgIpc) is 2.71. The highest BCUT2D eigenvalue weighted by atomic mass is 16.5. The maximum absolute atomic E-state index is 12.9. The highest BCUT2D eigenvalue weighted by molar-refractivity contribution is 5.90. The van der Waals surface area contributed by atoms with Gasteiger partial charge >= 0.3 is 5.97 Å². The number of methoxy groups -OCH3 is 1. The van der Waals surface area contributed by atoms with Gasteiger partial charge in [-0.1, -0.05) is 71.2 Å². The molecule has 2 atom stereocenters. The highest BCUT2D eigenvalue weighted by Crippen LogP contribution is 2.44. The van der Waals surface area contributed by atoms with Gasteiger partial charge in [0.2, 0.25) is 5.91 Å². The number of carbonyl (C=O) groups is 2. The Labute approximate surface area is 185 Å². The largest absolute Gasteiger partial charge is 0.496 e. The monoisotopic (exact) mass is 425 g/mol. The van der Waals surface area contributed by atoms with E-state index in [-0.39, 0.29) is 16.9 Å². The first kappa shape index (κ1) is 24.4. The van der Waals surface area contributed by atoms with Gasteiger partial charge in [0.1, 0.15) is 5.75 Å². The molecular weight excluding hydrogens is 390 g/mol. The van der Waals surface area contributed by atoms with Gasteiger partial charge in [-0.3, -0.25) is 4.79 Å². The number of hydrogen-bond donors (Lipinski definition) is 2. The van der Waals surface area contributed by atoms with Gasteiger partial charge in [-0.25, -0.2) is 4.79 Å². The Kier molecular flexibility index (Phi) is 8.26. The molecule has 0 aliphatic heterocycles. The average molecular weight is 426 g/mol. The number of carboxylic acid groups (broad SMARTS) is 1. The normalized spacial score (nSPS) is 13.5. The molecule has 5 nitrogen and oxygen atoms in total. The van der Waals surface area contributed by atoms with Crippen molar-refractivity contribution in [2.24, 2.45) is 5.73 Å². The predicted octanol–water partition coefficient (Wildman–Crippen LogP) is 5.62. The molecule has 0 saturated heterocycles. The molecule has 168 valence electrons. The number of ether oxygens (including phenoxy) is 1. The molecule has 2 aromatic rings. The van der Waals surface area contributed by atoms with Gasteiger partial charge in [-0.2, -0.15) is 0 Å². The Morgan fingerprint density at radius 2 is 1.74 bits per heavy atom. The minimum Gasteiger partial charge on any atom is -0.496 e. The van der Waals surface area contributed by atoms with Crippen molar-refractivity contribution in [3.63, 3.8) is 0 Å². The van der Waals surface area contributed by atoms with Crippen molar-refractivity contribution in [2.75, 3.05) is 7.11 Å². The van der Waals surface area contributed by atoms with Gasteiger partial charge in [0, 0.05) is 5.92 Å². The molecule has 0 aliphatic rings. The fourth-order valence-corrected chi connectivity index (χ4v) is 4.29. The van der Waals surface area contributed by atoms with E-state index < -0.39 is 17.8 Å². The fourth-order valence-electron chi connectivity index (χ4n) is 4.29. The van der Waals surface area contributed by atoms with Gasteiger partial charge < -0.3 is 15.6 Å².